The van der Waals surface area contributed by atoms with Crippen molar-refractivity contribution in [3.63, 3.8) is 0 Å². The van der Waals surface area contributed by atoms with Crippen LogP contribution in [0.4, 0.5) is 0 Å². The molecule has 0 fully saturated rings. The van der Waals surface area contributed by atoms with Crippen molar-refractivity contribution in [2.75, 3.05) is 0 Å². The molecular weight excluding hydrogens is 242 g/mol. The number of alkyl halides is 1. The molecule has 14 heavy (non-hydrogen) atoms. The van der Waals surface area contributed by atoms with E-state index in [1.807, 2.05) is 12.1 Å². The minimum atomic E-state index is -0.226. The van der Waals surface area contributed by atoms with Crippen LogP contribution in [0.5, 0.6) is 0 Å². The lowest BCUT2D eigenvalue weighted by Crippen LogP contribution is -2.18. The van der Waals surface area contributed by atoms with E-state index in [4.69, 9.17) is 5.73 Å². The minimum Gasteiger partial charge on any atom is -0.370 e. The average Bonchev–Trinajstić information content (AvgIpc) is 2.43. The van der Waals surface area contributed by atoms with Crippen molar-refractivity contribution in [2.24, 2.45) is 5.73 Å². The smallest absolute Gasteiger partial charge is 0.218 e. The van der Waals surface area contributed by atoms with E-state index in [0.29, 0.717) is 11.2 Å². The molecule has 0 heterocycles. The Labute approximate surface area is 91.6 Å². The van der Waals surface area contributed by atoms with Crippen LogP contribution in [-0.4, -0.2) is 10.7 Å². The zero-order valence-corrected chi connectivity index (χ0v) is 9.33. The van der Waals surface area contributed by atoms with Crippen LogP contribution in [0, 0.1) is 0 Å². The van der Waals surface area contributed by atoms with E-state index in [-0.39, 0.29) is 11.8 Å². The molecule has 1 aliphatic rings. The molecule has 0 bridgehead atoms. The van der Waals surface area contributed by atoms with Crippen molar-refractivity contribution >= 4 is 21.8 Å². The zero-order chi connectivity index (χ0) is 10.1. The van der Waals surface area contributed by atoms with Crippen LogP contribution in [0.2, 0.25) is 0 Å². The number of benzene rings is 1. The van der Waals surface area contributed by atoms with Gasteiger partial charge < -0.3 is 5.73 Å². The third-order valence-corrected chi connectivity index (χ3v) is 3.69. The van der Waals surface area contributed by atoms with Gasteiger partial charge in [-0.15, -0.1) is 0 Å². The highest BCUT2D eigenvalue weighted by Crippen LogP contribution is 2.39. The Hall–Kier alpha value is -0.830. The molecule has 2 unspecified atom stereocenters. The predicted molar refractivity (Wildman–Crippen MR) is 59.4 cm³/mol. The second-order valence-corrected chi connectivity index (χ2v) is 4.87. The lowest BCUT2D eigenvalue weighted by molar-refractivity contribution is -0.118. The van der Waals surface area contributed by atoms with E-state index in [2.05, 4.69) is 28.1 Å². The monoisotopic (exact) mass is 253 g/mol. The number of fused-ring (bicyclic) bond motifs is 1. The summed E-state index contributed by atoms with van der Waals surface area (Å²) in [6.45, 7) is 0. The first-order valence-corrected chi connectivity index (χ1v) is 5.60. The van der Waals surface area contributed by atoms with Gasteiger partial charge in [-0.25, -0.2) is 0 Å². The van der Waals surface area contributed by atoms with Gasteiger partial charge >= 0.3 is 0 Å². The largest absolute Gasteiger partial charge is 0.370 e. The van der Waals surface area contributed by atoms with Crippen molar-refractivity contribution in [1.82, 2.24) is 0 Å². The highest BCUT2D eigenvalue weighted by molar-refractivity contribution is 9.09. The number of carbonyl (C=O) groups is 1. The minimum absolute atomic E-state index is 0.226. The van der Waals surface area contributed by atoms with Crippen LogP contribution in [0.3, 0.4) is 0 Å². The molecule has 0 aromatic heterocycles. The van der Waals surface area contributed by atoms with Crippen molar-refractivity contribution < 1.29 is 4.79 Å². The Morgan fingerprint density at radius 3 is 2.93 bits per heavy atom. The van der Waals surface area contributed by atoms with Gasteiger partial charge in [-0.05, 0) is 17.5 Å². The SMILES string of the molecule is NC(=O)CC1c2ccccc2CC1Br. The Morgan fingerprint density at radius 1 is 1.50 bits per heavy atom. The number of halogens is 1. The molecule has 1 aliphatic carbocycles. The Kier molecular flexibility index (Phi) is 2.59. The summed E-state index contributed by atoms with van der Waals surface area (Å²) in [5.74, 6) is 0.0276. The van der Waals surface area contributed by atoms with Gasteiger partial charge in [-0.1, -0.05) is 40.2 Å². The van der Waals surface area contributed by atoms with Gasteiger partial charge in [0.15, 0.2) is 0 Å². The molecule has 1 amide bonds. The highest BCUT2D eigenvalue weighted by atomic mass is 79.9. The van der Waals surface area contributed by atoms with E-state index in [0.717, 1.165) is 6.42 Å². The van der Waals surface area contributed by atoms with Crippen LogP contribution < -0.4 is 5.73 Å². The molecule has 0 saturated heterocycles. The van der Waals surface area contributed by atoms with Gasteiger partial charge in [0.2, 0.25) is 5.91 Å². The Bertz CT molecular complexity index is 364. The fourth-order valence-electron chi connectivity index (χ4n) is 2.08. The molecule has 0 radical (unpaired) electrons. The van der Waals surface area contributed by atoms with Crippen LogP contribution in [0.15, 0.2) is 24.3 Å². The van der Waals surface area contributed by atoms with E-state index < -0.39 is 0 Å². The fourth-order valence-corrected chi connectivity index (χ4v) is 2.90. The van der Waals surface area contributed by atoms with E-state index >= 15 is 0 Å². The molecule has 74 valence electrons. The number of amides is 1. The summed E-state index contributed by atoms with van der Waals surface area (Å²) in [5.41, 5.74) is 7.84. The van der Waals surface area contributed by atoms with Gasteiger partial charge in [0, 0.05) is 17.2 Å². The number of carbonyl (C=O) groups excluding carboxylic acids is 1. The zero-order valence-electron chi connectivity index (χ0n) is 7.74. The summed E-state index contributed by atoms with van der Waals surface area (Å²) < 4.78 is 0. The maximum Gasteiger partial charge on any atom is 0.218 e. The fraction of sp³-hybridized carbons (Fsp3) is 0.364. The van der Waals surface area contributed by atoms with Gasteiger partial charge in [0.25, 0.3) is 0 Å². The van der Waals surface area contributed by atoms with Gasteiger partial charge in [-0.2, -0.15) is 0 Å². The first-order chi connectivity index (χ1) is 6.68. The lowest BCUT2D eigenvalue weighted by Gasteiger charge is -2.12. The quantitative estimate of drug-likeness (QED) is 0.805. The molecule has 2 nitrogen and oxygen atoms in total. The highest BCUT2D eigenvalue weighted by Gasteiger charge is 2.31. The molecule has 0 aliphatic heterocycles. The van der Waals surface area contributed by atoms with E-state index in [9.17, 15) is 4.79 Å². The van der Waals surface area contributed by atoms with Crippen LogP contribution >= 0.6 is 15.9 Å². The molecule has 2 rings (SSSR count). The van der Waals surface area contributed by atoms with Gasteiger partial charge in [-0.3, -0.25) is 4.79 Å². The standard InChI is InChI=1S/C11H12BrNO/c12-10-5-7-3-1-2-4-8(7)9(10)6-11(13)14/h1-4,9-10H,5-6H2,(H2,13,14). The summed E-state index contributed by atoms with van der Waals surface area (Å²) >= 11 is 3.61. The van der Waals surface area contributed by atoms with Gasteiger partial charge in [0.05, 0.1) is 0 Å². The number of hydrogen-bond donors (Lipinski definition) is 1. The molecule has 3 heteroatoms. The molecule has 1 aromatic rings. The molecule has 1 aromatic carbocycles. The summed E-state index contributed by atoms with van der Waals surface area (Å²) in [6.07, 6.45) is 1.43. The van der Waals surface area contributed by atoms with Crippen LogP contribution in [0.25, 0.3) is 0 Å². The Balaban J connectivity index is 2.30. The van der Waals surface area contributed by atoms with Gasteiger partial charge in [0.1, 0.15) is 0 Å². The normalized spacial score (nSPS) is 24.6. The summed E-state index contributed by atoms with van der Waals surface area (Å²) in [5, 5.41) is 0. The molecule has 2 atom stereocenters. The maximum absolute atomic E-state index is 10.9. The molecule has 0 saturated carbocycles. The second-order valence-electron chi connectivity index (χ2n) is 3.70. The van der Waals surface area contributed by atoms with Crippen LogP contribution in [-0.2, 0) is 11.2 Å². The predicted octanol–water partition coefficient (Wildman–Crippen LogP) is 1.97. The molecule has 0 spiro atoms. The summed E-state index contributed by atoms with van der Waals surface area (Å²) in [4.78, 5) is 11.3. The van der Waals surface area contributed by atoms with Crippen molar-refractivity contribution in [1.29, 1.82) is 0 Å². The van der Waals surface area contributed by atoms with Crippen molar-refractivity contribution in [3.8, 4) is 0 Å². The second kappa shape index (κ2) is 3.73. The number of primary amides is 1. The third kappa shape index (κ3) is 1.69. The van der Waals surface area contributed by atoms with E-state index in [1.165, 1.54) is 11.1 Å². The summed E-state index contributed by atoms with van der Waals surface area (Å²) in [7, 11) is 0. The van der Waals surface area contributed by atoms with Crippen LogP contribution in [0.1, 0.15) is 23.5 Å². The Morgan fingerprint density at radius 2 is 2.21 bits per heavy atom. The number of hydrogen-bond acceptors (Lipinski definition) is 1. The number of nitrogens with two attached hydrogens (primary N) is 1. The van der Waals surface area contributed by atoms with Crippen molar-refractivity contribution in [2.45, 2.75) is 23.6 Å². The van der Waals surface area contributed by atoms with E-state index in [1.54, 1.807) is 0 Å². The average molecular weight is 254 g/mol. The van der Waals surface area contributed by atoms with Crippen molar-refractivity contribution in [3.05, 3.63) is 35.4 Å². The topological polar surface area (TPSA) is 43.1 Å². The lowest BCUT2D eigenvalue weighted by atomic mass is 9.98. The maximum atomic E-state index is 10.9. The molecule has 2 N–H and O–H groups in total. The number of rotatable bonds is 2. The first kappa shape index (κ1) is 9.71. The molecular formula is C11H12BrNO. The third-order valence-electron chi connectivity index (χ3n) is 2.73. The summed E-state index contributed by atoms with van der Waals surface area (Å²) in [6, 6.07) is 8.25. The first-order valence-electron chi connectivity index (χ1n) is 4.68.